The van der Waals surface area contributed by atoms with Gasteiger partial charge in [-0.1, -0.05) is 66.7 Å². The minimum absolute atomic E-state index is 0.140. The maximum Gasteiger partial charge on any atom is 0.340 e. The Labute approximate surface area is 156 Å². The number of nitrogens with zero attached hydrogens (tertiary/aromatic N) is 1. The van der Waals surface area contributed by atoms with Crippen molar-refractivity contribution in [2.24, 2.45) is 0 Å². The maximum absolute atomic E-state index is 12.9. The van der Waals surface area contributed by atoms with Crippen molar-refractivity contribution in [2.75, 3.05) is 0 Å². The lowest BCUT2D eigenvalue weighted by Crippen LogP contribution is -2.05. The van der Waals surface area contributed by atoms with Gasteiger partial charge in [0.05, 0.1) is 16.8 Å². The minimum atomic E-state index is -0.449. The van der Waals surface area contributed by atoms with Gasteiger partial charge in [0, 0.05) is 11.8 Å². The van der Waals surface area contributed by atoms with E-state index < -0.39 is 5.97 Å². The molecule has 0 radical (unpaired) electrons. The molecular weight excluding hydrogens is 338 g/mol. The lowest BCUT2D eigenvalue weighted by molar-refractivity contribution is 0.0475. The van der Waals surface area contributed by atoms with E-state index in [9.17, 15) is 9.59 Å². The summed E-state index contributed by atoms with van der Waals surface area (Å²) >= 11 is 0. The molecule has 27 heavy (non-hydrogen) atoms. The topological polar surface area (TPSA) is 47.8 Å². The molecule has 4 aromatic rings. The summed E-state index contributed by atoms with van der Waals surface area (Å²) < 4.78 is 7.19. The molecule has 0 spiro atoms. The average molecular weight is 355 g/mol. The summed E-state index contributed by atoms with van der Waals surface area (Å²) in [5, 5.41) is 0. The Morgan fingerprint density at radius 1 is 0.815 bits per heavy atom. The first-order valence-electron chi connectivity index (χ1n) is 8.65. The van der Waals surface area contributed by atoms with Crippen LogP contribution in [0.3, 0.4) is 0 Å². The highest BCUT2D eigenvalue weighted by atomic mass is 16.5. The van der Waals surface area contributed by atoms with E-state index in [0.717, 1.165) is 5.56 Å². The average Bonchev–Trinajstić information content (AvgIpc) is 3.13. The van der Waals surface area contributed by atoms with Crippen LogP contribution in [0.2, 0.25) is 0 Å². The maximum atomic E-state index is 12.9. The lowest BCUT2D eigenvalue weighted by Gasteiger charge is -2.04. The summed E-state index contributed by atoms with van der Waals surface area (Å²) in [4.78, 5) is 25.6. The Bertz CT molecular complexity index is 1100. The number of fused-ring (bicyclic) bond motifs is 1. The van der Waals surface area contributed by atoms with Gasteiger partial charge in [-0.2, -0.15) is 0 Å². The monoisotopic (exact) mass is 355 g/mol. The molecule has 0 saturated carbocycles. The Balaban J connectivity index is 1.67. The molecule has 0 N–H and O–H groups in total. The van der Waals surface area contributed by atoms with Gasteiger partial charge in [-0.25, -0.2) is 4.79 Å². The number of esters is 1. The number of ketones is 1. The molecule has 0 saturated heterocycles. The summed E-state index contributed by atoms with van der Waals surface area (Å²) in [6, 6.07) is 25.6. The molecule has 132 valence electrons. The zero-order chi connectivity index (χ0) is 18.6. The molecule has 4 heteroatoms. The van der Waals surface area contributed by atoms with Gasteiger partial charge in [-0.3, -0.25) is 4.79 Å². The second-order valence-corrected chi connectivity index (χ2v) is 6.16. The van der Waals surface area contributed by atoms with Crippen molar-refractivity contribution in [1.29, 1.82) is 0 Å². The van der Waals surface area contributed by atoms with Crippen LogP contribution in [0.4, 0.5) is 0 Å². The van der Waals surface area contributed by atoms with Crippen LogP contribution < -0.4 is 0 Å². The van der Waals surface area contributed by atoms with Gasteiger partial charge in [0.25, 0.3) is 0 Å². The first-order chi connectivity index (χ1) is 13.2. The smallest absolute Gasteiger partial charge is 0.340 e. The summed E-state index contributed by atoms with van der Waals surface area (Å²) in [7, 11) is 0. The van der Waals surface area contributed by atoms with Gasteiger partial charge < -0.3 is 9.14 Å². The number of benzene rings is 2. The molecule has 2 heterocycles. The zero-order valence-electron chi connectivity index (χ0n) is 14.5. The third kappa shape index (κ3) is 3.37. The van der Waals surface area contributed by atoms with Crippen LogP contribution in [0, 0.1) is 0 Å². The van der Waals surface area contributed by atoms with Crippen LogP contribution in [0.15, 0.2) is 91.1 Å². The molecule has 4 nitrogen and oxygen atoms in total. The standard InChI is InChI=1S/C23H17NO3/c25-22(18-11-5-2-6-12-18)21-15-19(20-13-7-8-14-24(20)21)23(26)27-16-17-9-3-1-4-10-17/h1-15H,16H2. The number of carbonyl (C=O) groups is 2. The first kappa shape index (κ1) is 16.8. The molecule has 0 atom stereocenters. The third-order valence-electron chi connectivity index (χ3n) is 4.38. The summed E-state index contributed by atoms with van der Waals surface area (Å²) in [5.74, 6) is -0.589. The second-order valence-electron chi connectivity index (χ2n) is 6.16. The summed E-state index contributed by atoms with van der Waals surface area (Å²) in [5.41, 5.74) is 2.95. The largest absolute Gasteiger partial charge is 0.457 e. The molecular formula is C23H17NO3. The summed E-state index contributed by atoms with van der Waals surface area (Å²) in [6.45, 7) is 0.186. The Hall–Kier alpha value is -3.66. The van der Waals surface area contributed by atoms with Crippen molar-refractivity contribution in [2.45, 2.75) is 6.61 Å². The molecule has 4 rings (SSSR count). The van der Waals surface area contributed by atoms with Crippen LogP contribution in [0.25, 0.3) is 5.52 Å². The number of ether oxygens (including phenoxy) is 1. The van der Waals surface area contributed by atoms with E-state index in [1.165, 1.54) is 0 Å². The molecule has 0 unspecified atom stereocenters. The van der Waals surface area contributed by atoms with E-state index in [1.807, 2.05) is 60.7 Å². The highest BCUT2D eigenvalue weighted by Gasteiger charge is 2.21. The van der Waals surface area contributed by atoms with E-state index >= 15 is 0 Å². The van der Waals surface area contributed by atoms with Crippen molar-refractivity contribution in [3.05, 3.63) is 114 Å². The molecule has 2 aromatic heterocycles. The summed E-state index contributed by atoms with van der Waals surface area (Å²) in [6.07, 6.45) is 1.78. The predicted octanol–water partition coefficient (Wildman–Crippen LogP) is 4.53. The van der Waals surface area contributed by atoms with Crippen LogP contribution in [-0.2, 0) is 11.3 Å². The van der Waals surface area contributed by atoms with E-state index in [4.69, 9.17) is 4.74 Å². The molecule has 0 aliphatic heterocycles. The van der Waals surface area contributed by atoms with Crippen molar-refractivity contribution in [3.63, 3.8) is 0 Å². The number of aromatic nitrogens is 1. The highest BCUT2D eigenvalue weighted by molar-refractivity contribution is 6.11. The first-order valence-corrected chi connectivity index (χ1v) is 8.65. The molecule has 2 aromatic carbocycles. The molecule has 0 bridgehead atoms. The van der Waals surface area contributed by atoms with Crippen LogP contribution in [0.5, 0.6) is 0 Å². The van der Waals surface area contributed by atoms with E-state index in [1.54, 1.807) is 34.9 Å². The molecule has 0 aliphatic carbocycles. The van der Waals surface area contributed by atoms with Gasteiger partial charge in [-0.15, -0.1) is 0 Å². The highest BCUT2D eigenvalue weighted by Crippen LogP contribution is 2.21. The fraction of sp³-hybridized carbons (Fsp3) is 0.0435. The van der Waals surface area contributed by atoms with Crippen LogP contribution in [-0.4, -0.2) is 16.2 Å². The third-order valence-corrected chi connectivity index (χ3v) is 4.38. The number of pyridine rings is 1. The van der Waals surface area contributed by atoms with Crippen molar-refractivity contribution in [3.8, 4) is 0 Å². The Kier molecular flexibility index (Phi) is 4.54. The molecule has 0 amide bonds. The fourth-order valence-electron chi connectivity index (χ4n) is 3.03. The number of carbonyl (C=O) groups excluding carboxylic acids is 2. The van der Waals surface area contributed by atoms with Crippen molar-refractivity contribution in [1.82, 2.24) is 4.40 Å². The quantitative estimate of drug-likeness (QED) is 0.390. The van der Waals surface area contributed by atoms with Crippen LogP contribution in [0.1, 0.15) is 32.0 Å². The SMILES string of the molecule is O=C(OCc1ccccc1)c1cc(C(=O)c2ccccc2)n2ccccc12. The Morgan fingerprint density at radius 3 is 2.22 bits per heavy atom. The Morgan fingerprint density at radius 2 is 1.48 bits per heavy atom. The minimum Gasteiger partial charge on any atom is -0.457 e. The van der Waals surface area contributed by atoms with E-state index in [2.05, 4.69) is 0 Å². The van der Waals surface area contributed by atoms with E-state index in [0.29, 0.717) is 22.3 Å². The lowest BCUT2D eigenvalue weighted by atomic mass is 10.1. The van der Waals surface area contributed by atoms with Crippen molar-refractivity contribution < 1.29 is 14.3 Å². The normalized spacial score (nSPS) is 10.7. The number of hydrogen-bond donors (Lipinski definition) is 0. The predicted molar refractivity (Wildman–Crippen MR) is 103 cm³/mol. The number of rotatable bonds is 5. The van der Waals surface area contributed by atoms with Gasteiger partial charge >= 0.3 is 5.97 Å². The second kappa shape index (κ2) is 7.30. The zero-order valence-corrected chi connectivity index (χ0v) is 14.5. The van der Waals surface area contributed by atoms with Gasteiger partial charge in [-0.05, 0) is 23.8 Å². The molecule has 0 aliphatic rings. The van der Waals surface area contributed by atoms with Gasteiger partial charge in [0.15, 0.2) is 0 Å². The fourth-order valence-corrected chi connectivity index (χ4v) is 3.03. The van der Waals surface area contributed by atoms with Gasteiger partial charge in [0.1, 0.15) is 6.61 Å². The van der Waals surface area contributed by atoms with Gasteiger partial charge in [0.2, 0.25) is 5.78 Å². The van der Waals surface area contributed by atoms with E-state index in [-0.39, 0.29) is 12.4 Å². The number of hydrogen-bond acceptors (Lipinski definition) is 3. The van der Waals surface area contributed by atoms with Crippen molar-refractivity contribution >= 4 is 17.3 Å². The molecule has 0 fully saturated rings. The van der Waals surface area contributed by atoms with Crippen LogP contribution >= 0.6 is 0 Å².